The second kappa shape index (κ2) is 14.8. The minimum atomic E-state index is -1.29. The number of para-hydroxylation sites is 1. The van der Waals surface area contributed by atoms with Crippen LogP contribution < -0.4 is 27.4 Å². The zero-order valence-corrected chi connectivity index (χ0v) is 23.6. The largest absolute Gasteiger partial charge is 0.480 e. The third kappa shape index (κ3) is 9.16. The van der Waals surface area contributed by atoms with Gasteiger partial charge in [-0.2, -0.15) is 0 Å². The van der Waals surface area contributed by atoms with E-state index in [0.29, 0.717) is 5.69 Å². The van der Waals surface area contributed by atoms with Crippen molar-refractivity contribution in [3.63, 3.8) is 0 Å². The van der Waals surface area contributed by atoms with Crippen molar-refractivity contribution in [2.24, 2.45) is 17.4 Å². The fourth-order valence-electron chi connectivity index (χ4n) is 4.53. The molecule has 0 saturated carbocycles. The maximum Gasteiger partial charge on any atom is 0.326 e. The number of primary amides is 1. The molecular weight excluding hydrogens is 544 g/mol. The quantitative estimate of drug-likeness (QED) is 0.113. The lowest BCUT2D eigenvalue weighted by Gasteiger charge is -2.25. The molecule has 4 amide bonds. The maximum absolute atomic E-state index is 13.6. The van der Waals surface area contributed by atoms with Crippen LogP contribution in [-0.4, -0.2) is 73.8 Å². The molecular formula is C28H38N8O6. The number of nitrogens with two attached hydrogens (primary N) is 2. The number of aliphatic carboxylic acids is 1. The third-order valence-corrected chi connectivity index (χ3v) is 6.70. The zero-order chi connectivity index (χ0) is 30.8. The van der Waals surface area contributed by atoms with Crippen LogP contribution in [0.25, 0.3) is 10.9 Å². The number of fused-ring (bicyclic) bond motifs is 1. The molecule has 3 rings (SSSR count). The Labute approximate surface area is 242 Å². The van der Waals surface area contributed by atoms with Crippen LogP contribution in [0.3, 0.4) is 0 Å². The highest BCUT2D eigenvalue weighted by atomic mass is 16.4. The fraction of sp³-hybridized carbons (Fsp3) is 0.429. The van der Waals surface area contributed by atoms with E-state index in [2.05, 4.69) is 30.9 Å². The molecule has 2 heterocycles. The number of nitrogens with zero attached hydrogens (tertiary/aromatic N) is 1. The van der Waals surface area contributed by atoms with E-state index in [1.165, 1.54) is 12.5 Å². The molecule has 0 spiro atoms. The molecule has 0 bridgehead atoms. The Kier molecular flexibility index (Phi) is 11.2. The minimum Gasteiger partial charge on any atom is -0.480 e. The second-order valence-electron chi connectivity index (χ2n) is 10.6. The van der Waals surface area contributed by atoms with Gasteiger partial charge in [-0.15, -0.1) is 0 Å². The van der Waals surface area contributed by atoms with Gasteiger partial charge in [0.1, 0.15) is 18.1 Å². The maximum atomic E-state index is 13.6. The summed E-state index contributed by atoms with van der Waals surface area (Å²) in [6.45, 7) is 3.62. The number of imidazole rings is 1. The Bertz CT molecular complexity index is 1390. The fourth-order valence-corrected chi connectivity index (χ4v) is 4.53. The Hall–Kier alpha value is -4.72. The predicted molar refractivity (Wildman–Crippen MR) is 154 cm³/mol. The molecule has 4 atom stereocenters. The summed E-state index contributed by atoms with van der Waals surface area (Å²) in [6, 6.07) is 2.76. The van der Waals surface area contributed by atoms with Gasteiger partial charge in [-0.1, -0.05) is 32.0 Å². The lowest BCUT2D eigenvalue weighted by Crippen LogP contribution is -2.58. The van der Waals surface area contributed by atoms with Gasteiger partial charge in [0, 0.05) is 48.3 Å². The molecule has 0 fully saturated rings. The van der Waals surface area contributed by atoms with Crippen molar-refractivity contribution in [2.75, 3.05) is 0 Å². The average molecular weight is 583 g/mol. The third-order valence-electron chi connectivity index (χ3n) is 6.70. The SMILES string of the molecule is CC(C)CC(NC(=O)C(CCC(N)=O)NC(=O)C(Cc1c[nH]c2ccccc12)NC(=O)C(N)Cc1cnc[nH]1)C(=O)O. The molecule has 10 N–H and O–H groups in total. The molecule has 2 aromatic heterocycles. The monoisotopic (exact) mass is 582 g/mol. The average Bonchev–Trinajstić information content (AvgIpc) is 3.59. The number of aromatic amines is 2. The van der Waals surface area contributed by atoms with Crippen molar-refractivity contribution >= 4 is 40.5 Å². The summed E-state index contributed by atoms with van der Waals surface area (Å²) in [4.78, 5) is 73.0. The lowest BCUT2D eigenvalue weighted by molar-refractivity contribution is -0.143. The standard InChI is InChI=1S/C28H38N8O6/c1-15(2)9-23(28(41)42)36-26(39)21(7-8-24(30)37)34-27(40)22(10-16-12-32-20-6-4-3-5-18(16)20)35-25(38)19(29)11-17-13-31-14-33-17/h3-6,12-15,19,21-23,32H,7-11,29H2,1-2H3,(H2,30,37)(H,31,33)(H,34,40)(H,35,38)(H,36,39)(H,41,42). The van der Waals surface area contributed by atoms with Gasteiger partial charge in [0.05, 0.1) is 12.4 Å². The molecule has 14 heteroatoms. The van der Waals surface area contributed by atoms with Crippen molar-refractivity contribution in [1.29, 1.82) is 0 Å². The number of carbonyl (C=O) groups is 5. The number of H-pyrrole nitrogens is 2. The van der Waals surface area contributed by atoms with Crippen LogP contribution in [0.5, 0.6) is 0 Å². The molecule has 1 aromatic carbocycles. The van der Waals surface area contributed by atoms with E-state index in [4.69, 9.17) is 11.5 Å². The van der Waals surface area contributed by atoms with E-state index in [1.807, 2.05) is 38.1 Å². The van der Waals surface area contributed by atoms with Crippen LogP contribution in [0.2, 0.25) is 0 Å². The molecule has 42 heavy (non-hydrogen) atoms. The van der Waals surface area contributed by atoms with Crippen molar-refractivity contribution in [3.8, 4) is 0 Å². The lowest BCUT2D eigenvalue weighted by atomic mass is 10.0. The summed E-state index contributed by atoms with van der Waals surface area (Å²) in [6.07, 6.45) is 4.66. The van der Waals surface area contributed by atoms with Gasteiger partial charge in [0.15, 0.2) is 0 Å². The van der Waals surface area contributed by atoms with Crippen LogP contribution in [-0.2, 0) is 36.8 Å². The van der Waals surface area contributed by atoms with E-state index in [-0.39, 0.29) is 38.0 Å². The van der Waals surface area contributed by atoms with Crippen molar-refractivity contribution in [1.82, 2.24) is 30.9 Å². The number of carbonyl (C=O) groups excluding carboxylic acids is 4. The Morgan fingerprint density at radius 1 is 0.929 bits per heavy atom. The van der Waals surface area contributed by atoms with Gasteiger partial charge in [-0.25, -0.2) is 9.78 Å². The molecule has 4 unspecified atom stereocenters. The first-order valence-corrected chi connectivity index (χ1v) is 13.6. The molecule has 0 aliphatic heterocycles. The van der Waals surface area contributed by atoms with Crippen molar-refractivity contribution in [3.05, 3.63) is 54.2 Å². The van der Waals surface area contributed by atoms with E-state index < -0.39 is 53.8 Å². The minimum absolute atomic E-state index is 0.0354. The highest BCUT2D eigenvalue weighted by molar-refractivity contribution is 5.95. The van der Waals surface area contributed by atoms with E-state index in [0.717, 1.165) is 16.5 Å². The van der Waals surface area contributed by atoms with Gasteiger partial charge >= 0.3 is 5.97 Å². The summed E-state index contributed by atoms with van der Waals surface area (Å²) in [5, 5.41) is 18.1. The van der Waals surface area contributed by atoms with Gasteiger partial charge in [-0.3, -0.25) is 19.2 Å². The van der Waals surface area contributed by atoms with Crippen molar-refractivity contribution in [2.45, 2.75) is 70.1 Å². The van der Waals surface area contributed by atoms with Crippen LogP contribution >= 0.6 is 0 Å². The second-order valence-corrected chi connectivity index (χ2v) is 10.6. The van der Waals surface area contributed by atoms with E-state index >= 15 is 0 Å². The number of rotatable bonds is 16. The summed E-state index contributed by atoms with van der Waals surface area (Å²) < 4.78 is 0. The van der Waals surface area contributed by atoms with E-state index in [9.17, 15) is 29.1 Å². The number of benzene rings is 1. The number of carboxylic acids is 1. The smallest absolute Gasteiger partial charge is 0.326 e. The Balaban J connectivity index is 1.83. The summed E-state index contributed by atoms with van der Waals surface area (Å²) in [5.41, 5.74) is 13.6. The molecule has 226 valence electrons. The Morgan fingerprint density at radius 2 is 1.60 bits per heavy atom. The molecule has 0 saturated heterocycles. The first kappa shape index (κ1) is 31.8. The zero-order valence-electron chi connectivity index (χ0n) is 23.6. The molecule has 3 aromatic rings. The highest BCUT2D eigenvalue weighted by Crippen LogP contribution is 2.19. The predicted octanol–water partition coefficient (Wildman–Crippen LogP) is -0.146. The topological polar surface area (TPSA) is 238 Å². The number of carboxylic acid groups (broad SMARTS) is 1. The van der Waals surface area contributed by atoms with Gasteiger partial charge in [0.2, 0.25) is 23.6 Å². The van der Waals surface area contributed by atoms with Crippen molar-refractivity contribution < 1.29 is 29.1 Å². The molecule has 0 radical (unpaired) electrons. The van der Waals surface area contributed by atoms with Crippen LogP contribution in [0, 0.1) is 5.92 Å². The molecule has 0 aliphatic rings. The number of aromatic nitrogens is 3. The summed E-state index contributed by atoms with van der Waals surface area (Å²) in [5.74, 6) is -4.08. The highest BCUT2D eigenvalue weighted by Gasteiger charge is 2.31. The van der Waals surface area contributed by atoms with Crippen LogP contribution in [0.4, 0.5) is 0 Å². The normalized spacial score (nSPS) is 14.1. The van der Waals surface area contributed by atoms with Crippen LogP contribution in [0.15, 0.2) is 43.0 Å². The molecule has 14 nitrogen and oxygen atoms in total. The molecule has 0 aliphatic carbocycles. The number of amides is 4. The van der Waals surface area contributed by atoms with E-state index in [1.54, 1.807) is 6.20 Å². The number of hydrogen-bond donors (Lipinski definition) is 8. The number of hydrogen-bond acceptors (Lipinski definition) is 7. The van der Waals surface area contributed by atoms with Crippen LogP contribution in [0.1, 0.15) is 44.4 Å². The first-order valence-electron chi connectivity index (χ1n) is 13.6. The van der Waals surface area contributed by atoms with Gasteiger partial charge < -0.3 is 42.5 Å². The number of nitrogens with one attached hydrogen (secondary N) is 5. The summed E-state index contributed by atoms with van der Waals surface area (Å²) >= 11 is 0. The van der Waals surface area contributed by atoms with Gasteiger partial charge in [0.25, 0.3) is 0 Å². The summed E-state index contributed by atoms with van der Waals surface area (Å²) in [7, 11) is 0. The van der Waals surface area contributed by atoms with Gasteiger partial charge in [-0.05, 0) is 30.4 Å². The Morgan fingerprint density at radius 3 is 2.24 bits per heavy atom. The first-order chi connectivity index (χ1) is 19.9.